The highest BCUT2D eigenvalue weighted by Crippen LogP contribution is 2.32. The summed E-state index contributed by atoms with van der Waals surface area (Å²) >= 11 is 1.56. The summed E-state index contributed by atoms with van der Waals surface area (Å²) in [7, 11) is 0. The summed E-state index contributed by atoms with van der Waals surface area (Å²) in [6, 6.07) is 10.0. The van der Waals surface area contributed by atoms with Crippen LogP contribution in [0.4, 0.5) is 4.39 Å². The lowest BCUT2D eigenvalue weighted by Gasteiger charge is -2.04. The van der Waals surface area contributed by atoms with Crippen molar-refractivity contribution in [2.45, 2.75) is 6.04 Å². The summed E-state index contributed by atoms with van der Waals surface area (Å²) in [6.07, 6.45) is 1.60. The van der Waals surface area contributed by atoms with Crippen molar-refractivity contribution >= 4 is 21.4 Å². The molecular weight excluding hydrogens is 237 g/mol. The van der Waals surface area contributed by atoms with E-state index >= 15 is 0 Å². The molecule has 0 aliphatic rings. The first kappa shape index (κ1) is 10.5. The van der Waals surface area contributed by atoms with Crippen LogP contribution in [0, 0.1) is 5.82 Å². The number of nitrogens with two attached hydrogens (primary N) is 1. The Bertz CT molecular complexity index is 645. The highest BCUT2D eigenvalue weighted by Gasteiger charge is 2.14. The molecule has 2 aromatic heterocycles. The van der Waals surface area contributed by atoms with Crippen LogP contribution in [0.2, 0.25) is 0 Å². The van der Waals surface area contributed by atoms with Crippen molar-refractivity contribution in [3.8, 4) is 0 Å². The molecule has 0 aliphatic carbocycles. The van der Waals surface area contributed by atoms with Crippen molar-refractivity contribution in [1.29, 1.82) is 0 Å². The second-order valence-electron chi connectivity index (χ2n) is 3.82. The van der Waals surface area contributed by atoms with Gasteiger partial charge < -0.3 is 10.2 Å². The van der Waals surface area contributed by atoms with E-state index < -0.39 is 0 Å². The number of rotatable bonds is 2. The van der Waals surface area contributed by atoms with Gasteiger partial charge in [-0.05, 0) is 41.8 Å². The molecule has 0 bridgehead atoms. The standard InChI is InChI=1S/C13H10FNOS/c14-9-3-4-11-8(6-9)7-12(17-11)13(15)10-2-1-5-16-10/h1-7,13H,15H2. The lowest BCUT2D eigenvalue weighted by Crippen LogP contribution is -2.08. The second-order valence-corrected chi connectivity index (χ2v) is 4.94. The number of fused-ring (bicyclic) bond motifs is 1. The van der Waals surface area contributed by atoms with Crippen LogP contribution in [-0.4, -0.2) is 0 Å². The molecule has 0 spiro atoms. The average molecular weight is 247 g/mol. The Hall–Kier alpha value is -1.65. The topological polar surface area (TPSA) is 39.2 Å². The third-order valence-electron chi connectivity index (χ3n) is 2.65. The number of hydrogen-bond acceptors (Lipinski definition) is 3. The molecule has 17 heavy (non-hydrogen) atoms. The molecule has 86 valence electrons. The molecule has 0 aliphatic heterocycles. The van der Waals surface area contributed by atoms with Crippen molar-refractivity contribution < 1.29 is 8.81 Å². The van der Waals surface area contributed by atoms with Gasteiger partial charge in [0.15, 0.2) is 0 Å². The predicted molar refractivity (Wildman–Crippen MR) is 66.5 cm³/mol. The summed E-state index contributed by atoms with van der Waals surface area (Å²) < 4.78 is 19.4. The Morgan fingerprint density at radius 2 is 2.12 bits per heavy atom. The highest BCUT2D eigenvalue weighted by molar-refractivity contribution is 7.19. The Kier molecular flexibility index (Phi) is 2.46. The normalized spacial score (nSPS) is 13.1. The monoisotopic (exact) mass is 247 g/mol. The summed E-state index contributed by atoms with van der Waals surface area (Å²) in [5.74, 6) is 0.491. The fourth-order valence-corrected chi connectivity index (χ4v) is 2.85. The minimum Gasteiger partial charge on any atom is -0.467 e. The van der Waals surface area contributed by atoms with Crippen LogP contribution >= 0.6 is 11.3 Å². The third-order valence-corrected chi connectivity index (χ3v) is 3.85. The van der Waals surface area contributed by atoms with E-state index in [0.29, 0.717) is 0 Å². The fourth-order valence-electron chi connectivity index (χ4n) is 1.80. The van der Waals surface area contributed by atoms with E-state index in [-0.39, 0.29) is 11.9 Å². The molecule has 0 fully saturated rings. The molecule has 1 atom stereocenters. The number of hydrogen-bond donors (Lipinski definition) is 1. The Balaban J connectivity index is 2.06. The summed E-state index contributed by atoms with van der Waals surface area (Å²) in [4.78, 5) is 0.973. The van der Waals surface area contributed by atoms with Gasteiger partial charge in [0.05, 0.1) is 12.3 Å². The first-order valence-corrected chi connectivity index (χ1v) is 6.03. The van der Waals surface area contributed by atoms with Crippen LogP contribution in [0.25, 0.3) is 10.1 Å². The smallest absolute Gasteiger partial charge is 0.125 e. The minimum atomic E-state index is -0.287. The summed E-state index contributed by atoms with van der Waals surface area (Å²) in [6.45, 7) is 0. The van der Waals surface area contributed by atoms with Crippen LogP contribution < -0.4 is 5.73 Å². The van der Waals surface area contributed by atoms with Gasteiger partial charge >= 0.3 is 0 Å². The molecule has 0 saturated carbocycles. The van der Waals surface area contributed by atoms with Crippen LogP contribution in [0.1, 0.15) is 16.7 Å². The van der Waals surface area contributed by atoms with Gasteiger partial charge in [-0.3, -0.25) is 0 Å². The van der Waals surface area contributed by atoms with E-state index in [0.717, 1.165) is 20.7 Å². The minimum absolute atomic E-state index is 0.228. The molecule has 2 heterocycles. The van der Waals surface area contributed by atoms with E-state index in [1.54, 1.807) is 23.7 Å². The van der Waals surface area contributed by atoms with Gasteiger partial charge in [-0.1, -0.05) is 0 Å². The van der Waals surface area contributed by atoms with Crippen molar-refractivity contribution in [3.05, 3.63) is 59.1 Å². The average Bonchev–Trinajstić information content (AvgIpc) is 2.96. The van der Waals surface area contributed by atoms with Crippen LogP contribution in [0.3, 0.4) is 0 Å². The molecular formula is C13H10FNOS. The van der Waals surface area contributed by atoms with E-state index in [1.807, 2.05) is 18.2 Å². The Morgan fingerprint density at radius 3 is 2.88 bits per heavy atom. The molecule has 2 N–H and O–H groups in total. The second kappa shape index (κ2) is 3.98. The Labute approximate surface area is 101 Å². The van der Waals surface area contributed by atoms with E-state index in [1.165, 1.54) is 12.1 Å². The van der Waals surface area contributed by atoms with Gasteiger partial charge in [-0.15, -0.1) is 11.3 Å². The van der Waals surface area contributed by atoms with Crippen LogP contribution in [-0.2, 0) is 0 Å². The number of furan rings is 1. The molecule has 3 aromatic rings. The molecule has 1 unspecified atom stereocenters. The van der Waals surface area contributed by atoms with E-state index in [4.69, 9.17) is 10.2 Å². The Morgan fingerprint density at radius 1 is 1.24 bits per heavy atom. The predicted octanol–water partition coefficient (Wildman–Crippen LogP) is 3.68. The maximum Gasteiger partial charge on any atom is 0.125 e. The van der Waals surface area contributed by atoms with Gasteiger partial charge in [0.1, 0.15) is 11.6 Å². The number of benzene rings is 1. The maximum absolute atomic E-state index is 13.1. The van der Waals surface area contributed by atoms with Crippen LogP contribution in [0.5, 0.6) is 0 Å². The third kappa shape index (κ3) is 1.85. The highest BCUT2D eigenvalue weighted by atomic mass is 32.1. The molecule has 4 heteroatoms. The van der Waals surface area contributed by atoms with Gasteiger partial charge in [-0.2, -0.15) is 0 Å². The lowest BCUT2D eigenvalue weighted by molar-refractivity contribution is 0.492. The van der Waals surface area contributed by atoms with Gasteiger partial charge in [0, 0.05) is 9.58 Å². The van der Waals surface area contributed by atoms with Crippen molar-refractivity contribution in [1.82, 2.24) is 0 Å². The number of halogens is 1. The molecule has 0 radical (unpaired) electrons. The summed E-state index contributed by atoms with van der Waals surface area (Å²) in [5, 5.41) is 0.881. The van der Waals surface area contributed by atoms with Crippen molar-refractivity contribution in [2.24, 2.45) is 5.73 Å². The molecule has 0 saturated heterocycles. The van der Waals surface area contributed by atoms with Gasteiger partial charge in [0.2, 0.25) is 0 Å². The molecule has 1 aromatic carbocycles. The number of thiophene rings is 1. The van der Waals surface area contributed by atoms with Gasteiger partial charge in [0.25, 0.3) is 0 Å². The van der Waals surface area contributed by atoms with E-state index in [9.17, 15) is 4.39 Å². The van der Waals surface area contributed by atoms with Gasteiger partial charge in [-0.25, -0.2) is 4.39 Å². The zero-order chi connectivity index (χ0) is 11.8. The van der Waals surface area contributed by atoms with Crippen molar-refractivity contribution in [3.63, 3.8) is 0 Å². The summed E-state index contributed by atoms with van der Waals surface area (Å²) in [5.41, 5.74) is 6.09. The maximum atomic E-state index is 13.1. The zero-order valence-electron chi connectivity index (χ0n) is 8.89. The molecule has 0 amide bonds. The zero-order valence-corrected chi connectivity index (χ0v) is 9.71. The quantitative estimate of drug-likeness (QED) is 0.750. The SMILES string of the molecule is NC(c1ccco1)c1cc2cc(F)ccc2s1. The first-order valence-electron chi connectivity index (χ1n) is 5.22. The van der Waals surface area contributed by atoms with Crippen molar-refractivity contribution in [2.75, 3.05) is 0 Å². The lowest BCUT2D eigenvalue weighted by atomic mass is 10.2. The molecule has 2 nitrogen and oxygen atoms in total. The molecule has 3 rings (SSSR count). The fraction of sp³-hybridized carbons (Fsp3) is 0.0769. The van der Waals surface area contributed by atoms with Crippen LogP contribution in [0.15, 0.2) is 47.1 Å². The largest absolute Gasteiger partial charge is 0.467 e. The first-order chi connectivity index (χ1) is 8.24. The van der Waals surface area contributed by atoms with E-state index in [2.05, 4.69) is 0 Å².